The van der Waals surface area contributed by atoms with Crippen molar-refractivity contribution in [1.29, 1.82) is 0 Å². The van der Waals surface area contributed by atoms with Gasteiger partial charge in [0.15, 0.2) is 16.8 Å². The Bertz CT molecular complexity index is 938. The van der Waals surface area contributed by atoms with Gasteiger partial charge in [0.25, 0.3) is 0 Å². The molecule has 3 aliphatic rings. The monoisotopic (exact) mass is 476 g/mol. The summed E-state index contributed by atoms with van der Waals surface area (Å²) in [5, 5.41) is 2.75. The highest BCUT2D eigenvalue weighted by molar-refractivity contribution is 7.99. The first kappa shape index (κ1) is 24.0. The first-order chi connectivity index (χ1) is 15.7. The minimum Gasteiger partial charge on any atom is -0.493 e. The summed E-state index contributed by atoms with van der Waals surface area (Å²) in [4.78, 5) is 39.1. The third-order valence-corrected chi connectivity index (χ3v) is 8.88. The van der Waals surface area contributed by atoms with Crippen LogP contribution in [-0.4, -0.2) is 23.9 Å². The van der Waals surface area contributed by atoms with Gasteiger partial charge in [-0.2, -0.15) is 0 Å². The molecule has 0 radical (unpaired) electrons. The molecule has 9 heteroatoms. The van der Waals surface area contributed by atoms with Gasteiger partial charge in [0.1, 0.15) is 6.10 Å². The number of rotatable bonds is 8. The smallest absolute Gasteiger partial charge is 0.312 e. The zero-order valence-corrected chi connectivity index (χ0v) is 20.5. The first-order valence-corrected chi connectivity index (χ1v) is 12.4. The number of aryl methyl sites for hydroxylation is 1. The van der Waals surface area contributed by atoms with E-state index in [4.69, 9.17) is 14.3 Å². The molecule has 0 aliphatic heterocycles. The van der Waals surface area contributed by atoms with Crippen molar-refractivity contribution in [2.75, 3.05) is 7.11 Å². The average molecular weight is 477 g/mol. The molecule has 1 aromatic rings. The number of carbonyl (C=O) groups is 1. The van der Waals surface area contributed by atoms with Gasteiger partial charge in [0.2, 0.25) is 0 Å². The maximum absolute atomic E-state index is 12.5. The van der Waals surface area contributed by atoms with Gasteiger partial charge >= 0.3 is 5.97 Å². The van der Waals surface area contributed by atoms with Gasteiger partial charge in [0.05, 0.1) is 13.5 Å². The third-order valence-electron chi connectivity index (χ3n) is 8.17. The van der Waals surface area contributed by atoms with Crippen molar-refractivity contribution in [1.82, 2.24) is 0 Å². The molecule has 0 unspecified atom stereocenters. The van der Waals surface area contributed by atoms with Gasteiger partial charge in [-0.15, -0.1) is 9.81 Å². The lowest BCUT2D eigenvalue weighted by Crippen LogP contribution is -2.44. The Hall–Kier alpha value is -2.16. The molecule has 0 saturated heterocycles. The minimum absolute atomic E-state index is 0.00662. The highest BCUT2D eigenvalue weighted by Gasteiger charge is 2.56. The highest BCUT2D eigenvalue weighted by atomic mass is 32.2. The number of nitrogens with zero attached hydrogens (tertiary/aromatic N) is 2. The third kappa shape index (κ3) is 4.48. The Kier molecular flexibility index (Phi) is 6.71. The van der Waals surface area contributed by atoms with E-state index in [0.717, 1.165) is 50.5 Å². The fourth-order valence-electron chi connectivity index (χ4n) is 6.63. The lowest BCUT2D eigenvalue weighted by molar-refractivity contribution is -0.134. The van der Waals surface area contributed by atoms with E-state index >= 15 is 0 Å². The van der Waals surface area contributed by atoms with E-state index in [1.807, 2.05) is 12.1 Å². The molecule has 0 spiro atoms. The number of benzene rings is 1. The van der Waals surface area contributed by atoms with Crippen LogP contribution in [0.1, 0.15) is 76.3 Å². The second kappa shape index (κ2) is 9.24. The average Bonchev–Trinajstić information content (AvgIpc) is 3.09. The van der Waals surface area contributed by atoms with E-state index < -0.39 is 10.7 Å². The van der Waals surface area contributed by atoms with Gasteiger partial charge in [-0.25, -0.2) is 0 Å². The Balaban J connectivity index is 1.55. The normalized spacial score (nSPS) is 30.4. The maximum Gasteiger partial charge on any atom is 0.312 e. The van der Waals surface area contributed by atoms with Gasteiger partial charge in [-0.3, -0.25) is 4.79 Å². The predicted molar refractivity (Wildman–Crippen MR) is 126 cm³/mol. The number of hydrogen-bond acceptors (Lipinski definition) is 9. The van der Waals surface area contributed by atoms with Crippen molar-refractivity contribution in [3.05, 3.63) is 33.1 Å². The lowest BCUT2D eigenvalue weighted by atomic mass is 9.55. The standard InChI is InChI=1S/C24H32N2O6S/c1-23(2,33-26-29)13-22(27)31-20-11-14-5-6-16-15(17(14)12-19(20)30-4)9-10-24(3)18(16)7-8-21(24)32-25-28/h11-12,15-16,18,21H,5-10,13H2,1-4H3/t15-,16+,18-,21-,24-/m0/s1. The molecule has 0 aromatic heterocycles. The van der Waals surface area contributed by atoms with Crippen LogP contribution in [0.5, 0.6) is 11.5 Å². The number of carbonyl (C=O) groups excluding carboxylic acids is 1. The van der Waals surface area contributed by atoms with Crippen LogP contribution >= 0.6 is 11.9 Å². The molecule has 2 fully saturated rings. The summed E-state index contributed by atoms with van der Waals surface area (Å²) in [6.07, 6.45) is 5.91. The van der Waals surface area contributed by atoms with Crippen LogP contribution in [-0.2, 0) is 16.1 Å². The van der Waals surface area contributed by atoms with E-state index in [9.17, 15) is 14.6 Å². The SMILES string of the molecule is COc1cc2c(cc1OC(=O)CC(C)(C)SN=O)CC[C@@H]1[C@@H]2CC[C@]2(C)[C@@H](ON=O)CC[C@@H]12. The summed E-state index contributed by atoms with van der Waals surface area (Å²) < 4.78 is 13.5. The lowest BCUT2D eigenvalue weighted by Gasteiger charge is -2.50. The number of methoxy groups -OCH3 is 1. The minimum atomic E-state index is -0.634. The van der Waals surface area contributed by atoms with Crippen LogP contribution < -0.4 is 9.47 Å². The van der Waals surface area contributed by atoms with Crippen molar-refractivity contribution in [2.24, 2.45) is 27.2 Å². The number of hydrogen-bond donors (Lipinski definition) is 0. The highest BCUT2D eigenvalue weighted by Crippen LogP contribution is 2.62. The molecule has 2 saturated carbocycles. The summed E-state index contributed by atoms with van der Waals surface area (Å²) in [5.41, 5.74) is 2.48. The van der Waals surface area contributed by atoms with Crippen molar-refractivity contribution < 1.29 is 19.1 Å². The van der Waals surface area contributed by atoms with Crippen molar-refractivity contribution in [3.8, 4) is 11.5 Å². The number of fused-ring (bicyclic) bond motifs is 5. The van der Waals surface area contributed by atoms with Crippen LogP contribution in [0.15, 0.2) is 22.1 Å². The molecular weight excluding hydrogens is 444 g/mol. The maximum atomic E-state index is 12.5. The van der Waals surface area contributed by atoms with E-state index in [2.05, 4.69) is 16.8 Å². The number of esters is 1. The zero-order chi connectivity index (χ0) is 23.8. The van der Waals surface area contributed by atoms with Crippen LogP contribution in [0.3, 0.4) is 0 Å². The number of nitroso groups, excluding NO2 is 1. The van der Waals surface area contributed by atoms with E-state index in [1.165, 1.54) is 11.1 Å². The Morgan fingerprint density at radius 1 is 1.18 bits per heavy atom. The molecule has 8 nitrogen and oxygen atoms in total. The molecule has 0 amide bonds. The Labute approximate surface area is 198 Å². The van der Waals surface area contributed by atoms with Crippen LogP contribution in [0, 0.1) is 27.1 Å². The summed E-state index contributed by atoms with van der Waals surface area (Å²) in [7, 11) is 1.58. The fourth-order valence-corrected chi connectivity index (χ4v) is 7.02. The molecule has 0 heterocycles. The van der Waals surface area contributed by atoms with E-state index in [-0.39, 0.29) is 17.9 Å². The van der Waals surface area contributed by atoms with Gasteiger partial charge < -0.3 is 14.3 Å². The quantitative estimate of drug-likeness (QED) is 0.147. The second-order valence-corrected chi connectivity index (χ2v) is 11.9. The summed E-state index contributed by atoms with van der Waals surface area (Å²) in [5.74, 6) is 2.01. The Morgan fingerprint density at radius 2 is 1.97 bits per heavy atom. The predicted octanol–water partition coefficient (Wildman–Crippen LogP) is 6.11. The van der Waals surface area contributed by atoms with Crippen LogP contribution in [0.2, 0.25) is 0 Å². The molecule has 4 rings (SSSR count). The summed E-state index contributed by atoms with van der Waals surface area (Å²) >= 11 is 0.833. The van der Waals surface area contributed by atoms with Crippen molar-refractivity contribution in [2.45, 2.75) is 82.5 Å². The largest absolute Gasteiger partial charge is 0.493 e. The number of ether oxygens (including phenoxy) is 2. The van der Waals surface area contributed by atoms with Gasteiger partial charge in [0, 0.05) is 26.7 Å². The summed E-state index contributed by atoms with van der Waals surface area (Å²) in [6.45, 7) is 5.83. The van der Waals surface area contributed by atoms with E-state index in [1.54, 1.807) is 21.0 Å². The molecule has 0 bridgehead atoms. The molecule has 33 heavy (non-hydrogen) atoms. The van der Waals surface area contributed by atoms with Crippen LogP contribution in [0.25, 0.3) is 0 Å². The molecule has 180 valence electrons. The van der Waals surface area contributed by atoms with E-state index in [0.29, 0.717) is 29.3 Å². The first-order valence-electron chi connectivity index (χ1n) is 11.6. The topological polar surface area (TPSA) is 104 Å². The Morgan fingerprint density at radius 3 is 2.67 bits per heavy atom. The molecule has 5 atom stereocenters. The summed E-state index contributed by atoms with van der Waals surface area (Å²) in [6, 6.07) is 3.99. The molecular formula is C24H32N2O6S. The zero-order valence-electron chi connectivity index (χ0n) is 19.7. The van der Waals surface area contributed by atoms with Crippen LogP contribution in [0.4, 0.5) is 0 Å². The molecule has 3 aliphatic carbocycles. The van der Waals surface area contributed by atoms with Crippen molar-refractivity contribution in [3.63, 3.8) is 0 Å². The van der Waals surface area contributed by atoms with Gasteiger partial charge in [-0.05, 0) is 93.4 Å². The molecule has 1 aromatic carbocycles. The van der Waals surface area contributed by atoms with Gasteiger partial charge in [-0.1, -0.05) is 6.92 Å². The fraction of sp³-hybridized carbons (Fsp3) is 0.708. The van der Waals surface area contributed by atoms with Crippen molar-refractivity contribution >= 4 is 17.9 Å². The molecule has 0 N–H and O–H groups in total. The second-order valence-electron chi connectivity index (χ2n) is 10.5.